The average molecular weight is 485 g/mol. The molecule has 0 saturated carbocycles. The van der Waals surface area contributed by atoms with Gasteiger partial charge < -0.3 is 10.6 Å². The Bertz CT molecular complexity index is 539. The maximum atomic E-state index is 12.4. The summed E-state index contributed by atoms with van der Waals surface area (Å²) in [6, 6.07) is 5.81. The second-order valence-corrected chi connectivity index (χ2v) is 6.22. The second kappa shape index (κ2) is 11.6. The number of aliphatic imine (C=N–C) groups is 1. The van der Waals surface area contributed by atoms with E-state index in [0.717, 1.165) is 25.1 Å². The summed E-state index contributed by atoms with van der Waals surface area (Å²) in [4.78, 5) is 10.3. The molecule has 0 amide bonds. The van der Waals surface area contributed by atoms with E-state index in [4.69, 9.17) is 0 Å². The number of halogens is 4. The van der Waals surface area contributed by atoms with Crippen LogP contribution in [-0.4, -0.2) is 61.3 Å². The molecule has 0 radical (unpaired) electrons. The summed E-state index contributed by atoms with van der Waals surface area (Å²) in [6.45, 7) is 4.08. The van der Waals surface area contributed by atoms with Gasteiger partial charge in [-0.1, -0.05) is 6.07 Å². The van der Waals surface area contributed by atoms with Crippen molar-refractivity contribution in [1.29, 1.82) is 0 Å². The van der Waals surface area contributed by atoms with E-state index in [2.05, 4.69) is 20.6 Å². The Morgan fingerprint density at radius 2 is 2.15 bits per heavy atom. The highest BCUT2D eigenvalue weighted by molar-refractivity contribution is 14.0. The summed E-state index contributed by atoms with van der Waals surface area (Å²) in [5, 5.41) is 6.42. The third kappa shape index (κ3) is 9.02. The van der Waals surface area contributed by atoms with Crippen molar-refractivity contribution in [3.8, 4) is 0 Å². The molecule has 0 aromatic carbocycles. The van der Waals surface area contributed by atoms with Crippen molar-refractivity contribution in [3.63, 3.8) is 0 Å². The van der Waals surface area contributed by atoms with Gasteiger partial charge in [0.05, 0.1) is 6.54 Å². The van der Waals surface area contributed by atoms with Gasteiger partial charge in [0.15, 0.2) is 5.96 Å². The number of likely N-dealkylation sites (tertiary alicyclic amines) is 1. The van der Waals surface area contributed by atoms with Crippen LogP contribution in [0.5, 0.6) is 0 Å². The van der Waals surface area contributed by atoms with Crippen molar-refractivity contribution in [3.05, 3.63) is 30.1 Å². The van der Waals surface area contributed by atoms with Crippen molar-refractivity contribution < 1.29 is 13.2 Å². The van der Waals surface area contributed by atoms with Crippen LogP contribution in [-0.2, 0) is 6.42 Å². The number of hydrogen-bond donors (Lipinski definition) is 2. The zero-order valence-electron chi connectivity index (χ0n) is 14.9. The van der Waals surface area contributed by atoms with Crippen LogP contribution in [0.3, 0.4) is 0 Å². The molecule has 148 valence electrons. The molecule has 2 heterocycles. The molecule has 1 saturated heterocycles. The first-order chi connectivity index (χ1) is 12.0. The van der Waals surface area contributed by atoms with Gasteiger partial charge in [0.25, 0.3) is 0 Å². The van der Waals surface area contributed by atoms with Crippen LogP contribution < -0.4 is 10.6 Å². The highest BCUT2D eigenvalue weighted by Crippen LogP contribution is 2.22. The second-order valence-electron chi connectivity index (χ2n) is 6.22. The fourth-order valence-electron chi connectivity index (χ4n) is 2.88. The molecule has 0 bridgehead atoms. The predicted octanol–water partition coefficient (Wildman–Crippen LogP) is 2.68. The fourth-order valence-corrected chi connectivity index (χ4v) is 2.88. The Labute approximate surface area is 169 Å². The normalized spacial score (nSPS) is 18.5. The molecule has 1 aromatic heterocycles. The Hall–Kier alpha value is -1.10. The van der Waals surface area contributed by atoms with E-state index in [-0.39, 0.29) is 29.9 Å². The molecule has 0 spiro atoms. The van der Waals surface area contributed by atoms with Crippen molar-refractivity contribution in [2.24, 2.45) is 10.9 Å². The Balaban J connectivity index is 0.00000338. The number of alkyl halides is 3. The van der Waals surface area contributed by atoms with Gasteiger partial charge in [-0.15, -0.1) is 24.0 Å². The lowest BCUT2D eigenvalue weighted by Crippen LogP contribution is -2.39. The molecular formula is C17H27F3IN5. The number of nitrogens with one attached hydrogen (secondary N) is 2. The third-order valence-corrected chi connectivity index (χ3v) is 4.02. The predicted molar refractivity (Wildman–Crippen MR) is 108 cm³/mol. The van der Waals surface area contributed by atoms with Crippen LogP contribution in [0, 0.1) is 5.92 Å². The van der Waals surface area contributed by atoms with Crippen molar-refractivity contribution in [2.75, 3.05) is 39.3 Å². The van der Waals surface area contributed by atoms with Gasteiger partial charge in [0.1, 0.15) is 0 Å². The van der Waals surface area contributed by atoms with E-state index in [0.29, 0.717) is 32.1 Å². The number of nitrogens with zero attached hydrogens (tertiary/aromatic N) is 3. The molecule has 1 aromatic rings. The largest absolute Gasteiger partial charge is 0.401 e. The maximum Gasteiger partial charge on any atom is 0.401 e. The number of aromatic nitrogens is 1. The number of hydrogen-bond acceptors (Lipinski definition) is 3. The summed E-state index contributed by atoms with van der Waals surface area (Å²) in [5.41, 5.74) is 1.00. The minimum Gasteiger partial charge on any atom is -0.357 e. The summed E-state index contributed by atoms with van der Waals surface area (Å²) in [7, 11) is 0. The van der Waals surface area contributed by atoms with Gasteiger partial charge in [-0.3, -0.25) is 14.9 Å². The van der Waals surface area contributed by atoms with Crippen LogP contribution in [0.15, 0.2) is 29.4 Å². The first-order valence-corrected chi connectivity index (χ1v) is 8.67. The lowest BCUT2D eigenvalue weighted by atomic mass is 10.1. The van der Waals surface area contributed by atoms with Gasteiger partial charge in [0.2, 0.25) is 0 Å². The van der Waals surface area contributed by atoms with Gasteiger partial charge in [-0.2, -0.15) is 13.2 Å². The maximum absolute atomic E-state index is 12.4. The topological polar surface area (TPSA) is 52.6 Å². The lowest BCUT2D eigenvalue weighted by Gasteiger charge is -2.17. The van der Waals surface area contributed by atoms with Crippen LogP contribution in [0.4, 0.5) is 13.2 Å². The average Bonchev–Trinajstić information content (AvgIpc) is 2.99. The minimum atomic E-state index is -4.12. The first kappa shape index (κ1) is 22.9. The Morgan fingerprint density at radius 1 is 1.35 bits per heavy atom. The number of pyridine rings is 1. The molecule has 0 aliphatic carbocycles. The molecule has 2 rings (SSSR count). The molecule has 1 aliphatic rings. The van der Waals surface area contributed by atoms with Gasteiger partial charge in [0, 0.05) is 44.5 Å². The van der Waals surface area contributed by atoms with Crippen molar-refractivity contribution in [2.45, 2.75) is 25.9 Å². The van der Waals surface area contributed by atoms with Crippen LogP contribution in [0.2, 0.25) is 0 Å². The molecule has 1 aliphatic heterocycles. The fraction of sp³-hybridized carbons (Fsp3) is 0.647. The number of guanidine groups is 1. The van der Waals surface area contributed by atoms with Crippen molar-refractivity contribution in [1.82, 2.24) is 20.5 Å². The molecule has 2 N–H and O–H groups in total. The molecule has 5 nitrogen and oxygen atoms in total. The molecule has 9 heteroatoms. The highest BCUT2D eigenvalue weighted by Gasteiger charge is 2.34. The summed E-state index contributed by atoms with van der Waals surface area (Å²) >= 11 is 0. The van der Waals surface area contributed by atoms with Crippen LogP contribution in [0.1, 0.15) is 19.0 Å². The minimum absolute atomic E-state index is 0. The van der Waals surface area contributed by atoms with Gasteiger partial charge in [-0.25, -0.2) is 0 Å². The van der Waals surface area contributed by atoms with Gasteiger partial charge in [-0.05, 0) is 37.9 Å². The van der Waals surface area contributed by atoms with Crippen LogP contribution >= 0.6 is 24.0 Å². The van der Waals surface area contributed by atoms with E-state index in [9.17, 15) is 13.2 Å². The first-order valence-electron chi connectivity index (χ1n) is 8.67. The Kier molecular flexibility index (Phi) is 10.2. The lowest BCUT2D eigenvalue weighted by molar-refractivity contribution is -0.143. The standard InChI is InChI=1S/C17H26F3N5.HI/c1-2-21-16(23-9-6-15-5-3-4-8-22-15)24-11-14-7-10-25(12-14)13-17(18,19)20;/h3-5,8,14H,2,6-7,9-13H2,1H3,(H2,21,23,24);1H. The van der Waals surface area contributed by atoms with Crippen LogP contribution in [0.25, 0.3) is 0 Å². The summed E-state index contributed by atoms with van der Waals surface area (Å²) in [5.74, 6) is 0.876. The van der Waals surface area contributed by atoms with E-state index in [1.54, 1.807) is 6.20 Å². The monoisotopic (exact) mass is 485 g/mol. The zero-order chi connectivity index (χ0) is 18.1. The molecule has 1 atom stereocenters. The molecular weight excluding hydrogens is 458 g/mol. The molecule has 26 heavy (non-hydrogen) atoms. The van der Waals surface area contributed by atoms with E-state index in [1.165, 1.54) is 4.90 Å². The molecule has 1 fully saturated rings. The molecule has 1 unspecified atom stereocenters. The summed E-state index contributed by atoms with van der Waals surface area (Å²) < 4.78 is 37.3. The Morgan fingerprint density at radius 3 is 2.81 bits per heavy atom. The third-order valence-electron chi connectivity index (χ3n) is 4.02. The quantitative estimate of drug-likeness (QED) is 0.355. The smallest absolute Gasteiger partial charge is 0.357 e. The number of rotatable bonds is 7. The zero-order valence-corrected chi connectivity index (χ0v) is 17.3. The van der Waals surface area contributed by atoms with E-state index < -0.39 is 12.7 Å². The van der Waals surface area contributed by atoms with Crippen molar-refractivity contribution >= 4 is 29.9 Å². The van der Waals surface area contributed by atoms with E-state index >= 15 is 0 Å². The highest BCUT2D eigenvalue weighted by atomic mass is 127. The van der Waals surface area contributed by atoms with Gasteiger partial charge >= 0.3 is 6.18 Å². The van der Waals surface area contributed by atoms with E-state index in [1.807, 2.05) is 25.1 Å². The SMILES string of the molecule is CCNC(=NCC1CCN(CC(F)(F)F)C1)NCCc1ccccn1.I. The summed E-state index contributed by atoms with van der Waals surface area (Å²) in [6.07, 6.45) is -0.817.